The molecular formula is C24H26N2O4S3. The number of carboxylic acid groups (broad SMARTS) is 1. The van der Waals surface area contributed by atoms with E-state index >= 15 is 0 Å². The lowest BCUT2D eigenvalue weighted by Crippen LogP contribution is -2.00. The molecule has 0 unspecified atom stereocenters. The summed E-state index contributed by atoms with van der Waals surface area (Å²) in [6.07, 6.45) is 2.27. The molecule has 0 aliphatic heterocycles. The molecule has 6 nitrogen and oxygen atoms in total. The monoisotopic (exact) mass is 502 g/mol. The predicted molar refractivity (Wildman–Crippen MR) is 134 cm³/mol. The van der Waals surface area contributed by atoms with Crippen molar-refractivity contribution < 1.29 is 19.8 Å². The summed E-state index contributed by atoms with van der Waals surface area (Å²) in [6.45, 7) is 3.52. The predicted octanol–water partition coefficient (Wildman–Crippen LogP) is 6.00. The fraction of sp³-hybridized carbons (Fsp3) is 0.333. The maximum atomic E-state index is 11.7. The molecule has 33 heavy (non-hydrogen) atoms. The minimum absolute atomic E-state index is 0.102. The lowest BCUT2D eigenvalue weighted by molar-refractivity contribution is -0.136. The molecule has 0 aliphatic carbocycles. The van der Waals surface area contributed by atoms with Crippen molar-refractivity contribution in [3.63, 3.8) is 0 Å². The van der Waals surface area contributed by atoms with Crippen LogP contribution >= 0.6 is 34.9 Å². The van der Waals surface area contributed by atoms with E-state index in [1.54, 1.807) is 29.6 Å². The van der Waals surface area contributed by atoms with Crippen LogP contribution in [0.2, 0.25) is 0 Å². The van der Waals surface area contributed by atoms with Crippen LogP contribution in [0.1, 0.15) is 59.3 Å². The minimum atomic E-state index is -0.786. The number of thioether (sulfide) groups is 2. The summed E-state index contributed by atoms with van der Waals surface area (Å²) in [4.78, 5) is 22.4. The number of carbonyl (C=O) groups excluding carboxylic acids is 1. The van der Waals surface area contributed by atoms with Gasteiger partial charge in [-0.3, -0.25) is 9.59 Å². The zero-order valence-corrected chi connectivity index (χ0v) is 21.0. The van der Waals surface area contributed by atoms with Crippen LogP contribution in [0.4, 0.5) is 0 Å². The Kier molecular flexibility index (Phi) is 9.34. The highest BCUT2D eigenvalue weighted by Crippen LogP contribution is 2.35. The molecule has 174 valence electrons. The van der Waals surface area contributed by atoms with Gasteiger partial charge in [0.1, 0.15) is 5.75 Å². The van der Waals surface area contributed by atoms with Gasteiger partial charge in [0.2, 0.25) is 0 Å². The standard InChI is InChI=1S/C24H26N2O4S3/c1-3-4-20-18(10-11-19(15(2)27)22(20)30)14-32-24-26-25-23(33-24)31-13-17-7-5-16(6-8-17)9-12-21(28)29/h5-8,10-11,30H,3-4,9,12-14H2,1-2H3,(H,28,29). The van der Waals surface area contributed by atoms with Crippen LogP contribution in [-0.4, -0.2) is 32.2 Å². The topological polar surface area (TPSA) is 100 Å². The van der Waals surface area contributed by atoms with E-state index in [1.165, 1.54) is 18.3 Å². The summed E-state index contributed by atoms with van der Waals surface area (Å²) in [5.41, 5.74) is 4.39. The maximum absolute atomic E-state index is 11.7. The van der Waals surface area contributed by atoms with Gasteiger partial charge in [0.25, 0.3) is 0 Å². The highest BCUT2D eigenvalue weighted by molar-refractivity contribution is 8.02. The largest absolute Gasteiger partial charge is 0.507 e. The van der Waals surface area contributed by atoms with E-state index in [-0.39, 0.29) is 18.0 Å². The number of benzene rings is 2. The second-order valence-corrected chi connectivity index (χ2v) is 10.9. The lowest BCUT2D eigenvalue weighted by Gasteiger charge is -2.12. The average molecular weight is 503 g/mol. The van der Waals surface area contributed by atoms with Gasteiger partial charge in [-0.2, -0.15) is 0 Å². The molecule has 0 bridgehead atoms. The van der Waals surface area contributed by atoms with Crippen molar-refractivity contribution >= 4 is 46.6 Å². The Morgan fingerprint density at radius 1 is 0.939 bits per heavy atom. The number of nitrogens with zero attached hydrogens (tertiary/aromatic N) is 2. The van der Waals surface area contributed by atoms with Crippen LogP contribution in [0.3, 0.4) is 0 Å². The highest BCUT2D eigenvalue weighted by atomic mass is 32.2. The molecule has 3 aromatic rings. The number of phenols is 1. The third-order valence-corrected chi connectivity index (χ3v) is 8.32. The van der Waals surface area contributed by atoms with E-state index in [1.807, 2.05) is 30.3 Å². The first kappa shape index (κ1) is 25.3. The van der Waals surface area contributed by atoms with E-state index in [0.29, 0.717) is 17.7 Å². The fourth-order valence-corrected chi connectivity index (χ4v) is 6.28. The number of hydrogen-bond donors (Lipinski definition) is 2. The van der Waals surface area contributed by atoms with Crippen molar-refractivity contribution in [3.05, 3.63) is 64.2 Å². The number of hydrogen-bond acceptors (Lipinski definition) is 8. The number of carboxylic acids is 1. The number of aromatic hydroxyl groups is 1. The maximum Gasteiger partial charge on any atom is 0.303 e. The molecule has 2 N–H and O–H groups in total. The van der Waals surface area contributed by atoms with Crippen molar-refractivity contribution in [1.82, 2.24) is 10.2 Å². The zero-order valence-electron chi connectivity index (χ0n) is 18.5. The Morgan fingerprint density at radius 3 is 2.18 bits per heavy atom. The van der Waals surface area contributed by atoms with Crippen LogP contribution in [0.15, 0.2) is 45.1 Å². The van der Waals surface area contributed by atoms with Crippen molar-refractivity contribution in [2.24, 2.45) is 0 Å². The van der Waals surface area contributed by atoms with Gasteiger partial charge in [0.05, 0.1) is 5.56 Å². The molecule has 1 heterocycles. The molecule has 0 saturated carbocycles. The molecular weight excluding hydrogens is 476 g/mol. The molecule has 0 radical (unpaired) electrons. The minimum Gasteiger partial charge on any atom is -0.507 e. The van der Waals surface area contributed by atoms with Gasteiger partial charge in [0, 0.05) is 17.9 Å². The number of rotatable bonds is 12. The summed E-state index contributed by atoms with van der Waals surface area (Å²) in [5, 5.41) is 27.9. The summed E-state index contributed by atoms with van der Waals surface area (Å²) >= 11 is 4.73. The molecule has 2 aromatic carbocycles. The van der Waals surface area contributed by atoms with Crippen molar-refractivity contribution in [2.45, 2.75) is 59.7 Å². The van der Waals surface area contributed by atoms with Gasteiger partial charge in [0.15, 0.2) is 14.5 Å². The smallest absolute Gasteiger partial charge is 0.303 e. The SMILES string of the molecule is CCCc1c(CSc2nnc(SCc3ccc(CCC(=O)O)cc3)s2)ccc(C(C)=O)c1O. The van der Waals surface area contributed by atoms with E-state index in [4.69, 9.17) is 5.11 Å². The molecule has 0 fully saturated rings. The molecule has 0 amide bonds. The number of phenolic OH excluding ortho intramolecular Hbond substituents is 1. The number of carbonyl (C=O) groups is 2. The normalized spacial score (nSPS) is 11.0. The molecule has 0 aliphatic rings. The van der Waals surface area contributed by atoms with Crippen molar-refractivity contribution in [2.75, 3.05) is 0 Å². The van der Waals surface area contributed by atoms with Gasteiger partial charge < -0.3 is 10.2 Å². The first-order valence-corrected chi connectivity index (χ1v) is 13.4. The van der Waals surface area contributed by atoms with E-state index in [9.17, 15) is 14.7 Å². The lowest BCUT2D eigenvalue weighted by atomic mass is 9.98. The summed E-state index contributed by atoms with van der Waals surface area (Å²) in [7, 11) is 0. The Morgan fingerprint density at radius 2 is 1.58 bits per heavy atom. The number of Topliss-reactive ketones (excluding diaryl/α,β-unsaturated/α-hetero) is 1. The highest BCUT2D eigenvalue weighted by Gasteiger charge is 2.16. The van der Waals surface area contributed by atoms with Gasteiger partial charge >= 0.3 is 5.97 Å². The third kappa shape index (κ3) is 7.31. The first-order chi connectivity index (χ1) is 15.9. The summed E-state index contributed by atoms with van der Waals surface area (Å²) < 4.78 is 1.75. The quantitative estimate of drug-likeness (QED) is 0.230. The van der Waals surface area contributed by atoms with Gasteiger partial charge in [-0.05, 0) is 48.1 Å². The van der Waals surface area contributed by atoms with Crippen molar-refractivity contribution in [3.8, 4) is 5.75 Å². The van der Waals surface area contributed by atoms with Crippen LogP contribution in [0.5, 0.6) is 5.75 Å². The van der Waals surface area contributed by atoms with Gasteiger partial charge in [-0.1, -0.05) is 78.5 Å². The fourth-order valence-electron chi connectivity index (χ4n) is 3.28. The van der Waals surface area contributed by atoms with Gasteiger partial charge in [-0.25, -0.2) is 0 Å². The molecule has 3 rings (SSSR count). The molecule has 0 spiro atoms. The number of ketones is 1. The van der Waals surface area contributed by atoms with E-state index in [0.717, 1.165) is 49.5 Å². The molecule has 9 heteroatoms. The average Bonchev–Trinajstić information content (AvgIpc) is 3.25. The third-order valence-electron chi connectivity index (χ3n) is 5.01. The second kappa shape index (κ2) is 12.2. The number of aromatic nitrogens is 2. The summed E-state index contributed by atoms with van der Waals surface area (Å²) in [6, 6.07) is 11.6. The Bertz CT molecular complexity index is 1110. The first-order valence-electron chi connectivity index (χ1n) is 10.6. The van der Waals surface area contributed by atoms with Gasteiger partial charge in [-0.15, -0.1) is 10.2 Å². The summed E-state index contributed by atoms with van der Waals surface area (Å²) in [5.74, 6) is 0.596. The number of aliphatic carboxylic acids is 1. The van der Waals surface area contributed by atoms with Crippen LogP contribution in [0.25, 0.3) is 0 Å². The second-order valence-electron chi connectivity index (χ2n) is 7.53. The Balaban J connectivity index is 1.56. The number of aryl methyl sites for hydroxylation is 1. The molecule has 0 atom stereocenters. The van der Waals surface area contributed by atoms with Crippen molar-refractivity contribution in [1.29, 1.82) is 0 Å². The Hall–Kier alpha value is -2.36. The van der Waals surface area contributed by atoms with Crippen LogP contribution in [0, 0.1) is 0 Å². The molecule has 0 saturated heterocycles. The zero-order chi connectivity index (χ0) is 23.8. The molecule has 1 aromatic heterocycles. The van der Waals surface area contributed by atoms with Crippen LogP contribution < -0.4 is 0 Å². The Labute approximate surface area is 205 Å². The van der Waals surface area contributed by atoms with E-state index in [2.05, 4.69) is 17.1 Å². The van der Waals surface area contributed by atoms with Crippen LogP contribution in [-0.2, 0) is 29.1 Å². The van der Waals surface area contributed by atoms with E-state index < -0.39 is 5.97 Å².